The van der Waals surface area contributed by atoms with Gasteiger partial charge in [0, 0.05) is 48.5 Å². The Balaban J connectivity index is 1.55. The van der Waals surface area contributed by atoms with Gasteiger partial charge in [0.2, 0.25) is 0 Å². The zero-order valence-electron chi connectivity index (χ0n) is 18.9. The summed E-state index contributed by atoms with van der Waals surface area (Å²) in [6.07, 6.45) is 6.50. The molecular formula is C25H29N5S. The minimum atomic E-state index is 0.852. The molecule has 0 atom stereocenters. The molecule has 4 aromatic rings. The van der Waals surface area contributed by atoms with Gasteiger partial charge in [-0.3, -0.25) is 4.57 Å². The monoisotopic (exact) mass is 431 g/mol. The molecule has 0 saturated carbocycles. The van der Waals surface area contributed by atoms with Crippen molar-refractivity contribution in [3.63, 3.8) is 0 Å². The second-order valence-electron chi connectivity index (χ2n) is 7.87. The first-order valence-electron chi connectivity index (χ1n) is 10.7. The molecular weight excluding hydrogens is 402 g/mol. The number of nitrogens with zero attached hydrogens (tertiary/aromatic N) is 5. The highest BCUT2D eigenvalue weighted by Gasteiger charge is 2.12. The highest BCUT2D eigenvalue weighted by Crippen LogP contribution is 2.28. The third-order valence-corrected chi connectivity index (χ3v) is 6.52. The lowest BCUT2D eigenvalue weighted by molar-refractivity contribution is 0.859. The van der Waals surface area contributed by atoms with Gasteiger partial charge in [0.05, 0.1) is 16.4 Å². The average Bonchev–Trinajstić information content (AvgIpc) is 3.41. The fourth-order valence-corrected chi connectivity index (χ4v) is 4.73. The number of pyridine rings is 1. The molecule has 0 aliphatic heterocycles. The highest BCUT2D eigenvalue weighted by molar-refractivity contribution is 7.10. The smallest absolute Gasteiger partial charge is 0.137 e. The van der Waals surface area contributed by atoms with E-state index in [0.717, 1.165) is 47.3 Å². The van der Waals surface area contributed by atoms with Gasteiger partial charge in [-0.2, -0.15) is 0 Å². The highest BCUT2D eigenvalue weighted by atomic mass is 32.1. The van der Waals surface area contributed by atoms with Gasteiger partial charge in [-0.25, -0.2) is 15.0 Å². The third kappa shape index (κ3) is 4.54. The summed E-state index contributed by atoms with van der Waals surface area (Å²) >= 11 is 1.71. The summed E-state index contributed by atoms with van der Waals surface area (Å²) in [6, 6.07) is 8.74. The maximum Gasteiger partial charge on any atom is 0.137 e. The number of anilines is 1. The first-order chi connectivity index (χ1) is 15.0. The van der Waals surface area contributed by atoms with E-state index in [-0.39, 0.29) is 0 Å². The van der Waals surface area contributed by atoms with E-state index in [1.54, 1.807) is 17.7 Å². The molecule has 0 unspecified atom stereocenters. The molecule has 6 heteroatoms. The lowest BCUT2D eigenvalue weighted by atomic mass is 10.0. The first kappa shape index (κ1) is 21.2. The Morgan fingerprint density at radius 3 is 2.45 bits per heavy atom. The van der Waals surface area contributed by atoms with Gasteiger partial charge >= 0.3 is 0 Å². The van der Waals surface area contributed by atoms with Crippen LogP contribution in [-0.4, -0.2) is 32.6 Å². The summed E-state index contributed by atoms with van der Waals surface area (Å²) in [5.74, 6) is 0.860. The number of hydrogen-bond donors (Lipinski definition) is 0. The molecule has 0 N–H and O–H groups in total. The Bertz CT molecular complexity index is 1170. The van der Waals surface area contributed by atoms with Gasteiger partial charge in [0.25, 0.3) is 0 Å². The van der Waals surface area contributed by atoms with Crippen molar-refractivity contribution >= 4 is 17.0 Å². The standard InChI is InChI=1S/C25H29N5S/c1-6-29(7-2)23-11-21(17(3)10-18(23)4)12-25-28-22(15-31-25)20-8-9-24(26-13-20)30-14-19(5)27-16-30/h8-11,13-16H,6-7,12H2,1-5H3. The summed E-state index contributed by atoms with van der Waals surface area (Å²) in [6.45, 7) is 12.8. The van der Waals surface area contributed by atoms with Crippen molar-refractivity contribution < 1.29 is 0 Å². The molecule has 31 heavy (non-hydrogen) atoms. The van der Waals surface area contributed by atoms with E-state index >= 15 is 0 Å². The van der Waals surface area contributed by atoms with Crippen LogP contribution in [0.5, 0.6) is 0 Å². The summed E-state index contributed by atoms with van der Waals surface area (Å²) in [4.78, 5) is 16.2. The second kappa shape index (κ2) is 9.02. The van der Waals surface area contributed by atoms with Crippen LogP contribution in [0.25, 0.3) is 17.1 Å². The molecule has 0 bridgehead atoms. The Hall–Kier alpha value is -2.99. The van der Waals surface area contributed by atoms with Gasteiger partial charge in [-0.1, -0.05) is 6.07 Å². The molecule has 0 spiro atoms. The van der Waals surface area contributed by atoms with Crippen LogP contribution in [-0.2, 0) is 6.42 Å². The van der Waals surface area contributed by atoms with Crippen LogP contribution in [0.1, 0.15) is 41.2 Å². The van der Waals surface area contributed by atoms with Gasteiger partial charge in [0.15, 0.2) is 0 Å². The van der Waals surface area contributed by atoms with Gasteiger partial charge in [-0.15, -0.1) is 11.3 Å². The number of hydrogen-bond acceptors (Lipinski definition) is 5. The van der Waals surface area contributed by atoms with E-state index in [0.29, 0.717) is 0 Å². The van der Waals surface area contributed by atoms with E-state index in [1.165, 1.54) is 22.4 Å². The molecule has 3 heterocycles. The molecule has 0 fully saturated rings. The summed E-state index contributed by atoms with van der Waals surface area (Å²) < 4.78 is 1.93. The van der Waals surface area contributed by atoms with Crippen molar-refractivity contribution in [1.29, 1.82) is 0 Å². The lowest BCUT2D eigenvalue weighted by Crippen LogP contribution is -2.23. The Morgan fingerprint density at radius 2 is 1.81 bits per heavy atom. The molecule has 5 nitrogen and oxygen atoms in total. The molecule has 4 rings (SSSR count). The first-order valence-corrected chi connectivity index (χ1v) is 11.6. The quantitative estimate of drug-likeness (QED) is 0.374. The minimum Gasteiger partial charge on any atom is -0.372 e. The fourth-order valence-electron chi connectivity index (χ4n) is 3.90. The van der Waals surface area contributed by atoms with Crippen molar-refractivity contribution in [3.8, 4) is 17.1 Å². The minimum absolute atomic E-state index is 0.852. The SMILES string of the molecule is CCN(CC)c1cc(Cc2nc(-c3ccc(-n4cnc(C)c4)nc3)cs2)c(C)cc1C. The number of benzene rings is 1. The molecule has 0 saturated heterocycles. The van der Waals surface area contributed by atoms with Crippen molar-refractivity contribution in [2.24, 2.45) is 0 Å². The normalized spacial score (nSPS) is 11.1. The van der Waals surface area contributed by atoms with Crippen LogP contribution in [0.15, 0.2) is 48.4 Å². The average molecular weight is 432 g/mol. The topological polar surface area (TPSA) is 46.8 Å². The van der Waals surface area contributed by atoms with E-state index in [1.807, 2.05) is 30.0 Å². The Labute approximate surface area is 188 Å². The predicted octanol–water partition coefficient (Wildman–Crippen LogP) is 5.75. The van der Waals surface area contributed by atoms with Crippen LogP contribution in [0.3, 0.4) is 0 Å². The van der Waals surface area contributed by atoms with Crippen LogP contribution in [0.2, 0.25) is 0 Å². The van der Waals surface area contributed by atoms with E-state index in [2.05, 4.69) is 66.1 Å². The van der Waals surface area contributed by atoms with Crippen molar-refractivity contribution in [1.82, 2.24) is 19.5 Å². The zero-order chi connectivity index (χ0) is 22.0. The molecule has 1 aromatic carbocycles. The lowest BCUT2D eigenvalue weighted by Gasteiger charge is -2.24. The maximum atomic E-state index is 4.91. The maximum absolute atomic E-state index is 4.91. The predicted molar refractivity (Wildman–Crippen MR) is 129 cm³/mol. The van der Waals surface area contributed by atoms with Gasteiger partial charge in [0.1, 0.15) is 12.1 Å². The molecule has 0 radical (unpaired) electrons. The molecule has 3 aromatic heterocycles. The van der Waals surface area contributed by atoms with Crippen LogP contribution in [0, 0.1) is 20.8 Å². The van der Waals surface area contributed by atoms with E-state index in [4.69, 9.17) is 4.98 Å². The van der Waals surface area contributed by atoms with Crippen molar-refractivity contribution in [2.45, 2.75) is 41.0 Å². The van der Waals surface area contributed by atoms with Crippen LogP contribution < -0.4 is 4.90 Å². The zero-order valence-corrected chi connectivity index (χ0v) is 19.7. The third-order valence-electron chi connectivity index (χ3n) is 5.67. The number of aromatic nitrogens is 4. The van der Waals surface area contributed by atoms with Crippen molar-refractivity contribution in [3.05, 3.63) is 75.8 Å². The van der Waals surface area contributed by atoms with Crippen LogP contribution >= 0.6 is 11.3 Å². The number of imidazole rings is 1. The number of rotatable bonds is 7. The fraction of sp³-hybridized carbons (Fsp3) is 0.320. The molecule has 0 aliphatic carbocycles. The summed E-state index contributed by atoms with van der Waals surface area (Å²) in [7, 11) is 0. The Kier molecular flexibility index (Phi) is 6.18. The molecule has 160 valence electrons. The van der Waals surface area contributed by atoms with E-state index < -0.39 is 0 Å². The summed E-state index contributed by atoms with van der Waals surface area (Å²) in [5.41, 5.74) is 8.33. The van der Waals surface area contributed by atoms with E-state index in [9.17, 15) is 0 Å². The summed E-state index contributed by atoms with van der Waals surface area (Å²) in [5, 5.41) is 3.25. The largest absolute Gasteiger partial charge is 0.372 e. The van der Waals surface area contributed by atoms with Crippen molar-refractivity contribution in [2.75, 3.05) is 18.0 Å². The molecule has 0 amide bonds. The number of thiazole rings is 1. The van der Waals surface area contributed by atoms with Crippen LogP contribution in [0.4, 0.5) is 5.69 Å². The van der Waals surface area contributed by atoms with Gasteiger partial charge < -0.3 is 4.90 Å². The molecule has 0 aliphatic rings. The van der Waals surface area contributed by atoms with Gasteiger partial charge in [-0.05, 0) is 69.5 Å². The second-order valence-corrected chi connectivity index (χ2v) is 8.81. The number of aryl methyl sites for hydroxylation is 3. The Morgan fingerprint density at radius 1 is 1.00 bits per heavy atom.